The number of hydrogen-bond acceptors (Lipinski definition) is 7. The second-order valence-electron chi connectivity index (χ2n) is 4.46. The number of rotatable bonds is 11. The van der Waals surface area contributed by atoms with E-state index in [0.29, 0.717) is 19.8 Å². The summed E-state index contributed by atoms with van der Waals surface area (Å²) in [6.45, 7) is 7.42. The Labute approximate surface area is 126 Å². The SMILES string of the molecule is CC(O)COC(=O)C(C)O.CCCCOCCOCCO. The van der Waals surface area contributed by atoms with Crippen molar-refractivity contribution < 1.29 is 34.3 Å². The van der Waals surface area contributed by atoms with Crippen molar-refractivity contribution in [2.75, 3.05) is 39.6 Å². The number of carbonyl (C=O) groups excluding carboxylic acids is 1. The number of esters is 1. The molecule has 0 bridgehead atoms. The van der Waals surface area contributed by atoms with Crippen LogP contribution in [0.15, 0.2) is 0 Å². The molecule has 0 aliphatic rings. The zero-order chi connectivity index (χ0) is 16.5. The maximum atomic E-state index is 10.5. The first kappa shape index (κ1) is 22.5. The highest BCUT2D eigenvalue weighted by Crippen LogP contribution is 1.89. The second-order valence-corrected chi connectivity index (χ2v) is 4.46. The van der Waals surface area contributed by atoms with Crippen molar-refractivity contribution in [3.63, 3.8) is 0 Å². The minimum Gasteiger partial charge on any atom is -0.461 e. The lowest BCUT2D eigenvalue weighted by atomic mass is 10.4. The van der Waals surface area contributed by atoms with Gasteiger partial charge in [-0.1, -0.05) is 13.3 Å². The third-order valence-electron chi connectivity index (χ3n) is 2.06. The molecular weight excluding hydrogens is 280 g/mol. The van der Waals surface area contributed by atoms with Gasteiger partial charge in [0, 0.05) is 6.61 Å². The van der Waals surface area contributed by atoms with E-state index in [1.807, 2.05) is 0 Å². The van der Waals surface area contributed by atoms with E-state index in [1.165, 1.54) is 13.8 Å². The predicted molar refractivity (Wildman–Crippen MR) is 78.0 cm³/mol. The average molecular weight is 310 g/mol. The van der Waals surface area contributed by atoms with Crippen LogP contribution in [0.1, 0.15) is 33.6 Å². The highest BCUT2D eigenvalue weighted by atomic mass is 16.6. The van der Waals surface area contributed by atoms with Gasteiger partial charge in [0.1, 0.15) is 12.7 Å². The molecule has 3 N–H and O–H groups in total. The number of hydrogen-bond donors (Lipinski definition) is 3. The third kappa shape index (κ3) is 21.7. The molecule has 0 heterocycles. The lowest BCUT2D eigenvalue weighted by molar-refractivity contribution is -0.155. The van der Waals surface area contributed by atoms with Gasteiger partial charge in [0.05, 0.1) is 32.5 Å². The van der Waals surface area contributed by atoms with E-state index >= 15 is 0 Å². The summed E-state index contributed by atoms with van der Waals surface area (Å²) in [5, 5.41) is 25.5. The number of aliphatic hydroxyl groups is 3. The van der Waals surface area contributed by atoms with Gasteiger partial charge < -0.3 is 29.5 Å². The van der Waals surface area contributed by atoms with Crippen LogP contribution in [-0.2, 0) is 19.0 Å². The lowest BCUT2D eigenvalue weighted by Gasteiger charge is -2.07. The molecule has 0 saturated heterocycles. The van der Waals surface area contributed by atoms with Crippen molar-refractivity contribution in [2.45, 2.75) is 45.8 Å². The Morgan fingerprint density at radius 2 is 1.62 bits per heavy atom. The molecule has 0 radical (unpaired) electrons. The summed E-state index contributed by atoms with van der Waals surface area (Å²) in [6.07, 6.45) is 0.485. The van der Waals surface area contributed by atoms with Crippen LogP contribution >= 0.6 is 0 Å². The highest BCUT2D eigenvalue weighted by molar-refractivity contribution is 5.73. The summed E-state index contributed by atoms with van der Waals surface area (Å²) < 4.78 is 14.6. The Balaban J connectivity index is 0. The Hall–Kier alpha value is -0.730. The van der Waals surface area contributed by atoms with Crippen LogP contribution in [-0.4, -0.2) is 73.1 Å². The molecule has 0 saturated carbocycles. The Morgan fingerprint density at radius 3 is 2.05 bits per heavy atom. The number of unbranched alkanes of at least 4 members (excludes halogenated alkanes) is 1. The second kappa shape index (κ2) is 17.3. The Bertz CT molecular complexity index is 211. The van der Waals surface area contributed by atoms with Crippen LogP contribution in [0.2, 0.25) is 0 Å². The number of ether oxygens (including phenoxy) is 3. The first-order valence-corrected chi connectivity index (χ1v) is 7.24. The summed E-state index contributed by atoms with van der Waals surface area (Å²) in [6, 6.07) is 0. The van der Waals surface area contributed by atoms with Crippen molar-refractivity contribution in [2.24, 2.45) is 0 Å². The van der Waals surface area contributed by atoms with Gasteiger partial charge in [0.15, 0.2) is 0 Å². The molecule has 0 amide bonds. The first-order chi connectivity index (χ1) is 9.95. The van der Waals surface area contributed by atoms with Gasteiger partial charge in [-0.15, -0.1) is 0 Å². The standard InChI is InChI=1S/C8H18O3.C6H12O4/c1-2-3-5-10-7-8-11-6-4-9;1-4(7)3-10-6(9)5(2)8/h9H,2-8H2,1H3;4-5,7-8H,3H2,1-2H3. The lowest BCUT2D eigenvalue weighted by Crippen LogP contribution is -2.23. The Kier molecular flexibility index (Phi) is 18.6. The van der Waals surface area contributed by atoms with Crippen LogP contribution in [0, 0.1) is 0 Å². The molecule has 2 atom stereocenters. The zero-order valence-electron chi connectivity index (χ0n) is 13.3. The van der Waals surface area contributed by atoms with E-state index in [4.69, 9.17) is 24.8 Å². The van der Waals surface area contributed by atoms with Crippen LogP contribution < -0.4 is 0 Å². The molecular formula is C14H30O7. The quantitative estimate of drug-likeness (QED) is 0.367. The third-order valence-corrected chi connectivity index (χ3v) is 2.06. The maximum absolute atomic E-state index is 10.5. The fraction of sp³-hybridized carbons (Fsp3) is 0.929. The molecule has 0 aromatic rings. The van der Waals surface area contributed by atoms with Gasteiger partial charge in [-0.05, 0) is 20.3 Å². The highest BCUT2D eigenvalue weighted by Gasteiger charge is 2.10. The summed E-state index contributed by atoms with van der Waals surface area (Å²) in [5.74, 6) is -0.707. The molecule has 0 aromatic heterocycles. The van der Waals surface area contributed by atoms with Crippen LogP contribution in [0.25, 0.3) is 0 Å². The van der Waals surface area contributed by atoms with E-state index < -0.39 is 18.2 Å². The van der Waals surface area contributed by atoms with Gasteiger partial charge >= 0.3 is 5.97 Å². The molecule has 0 aromatic carbocycles. The Morgan fingerprint density at radius 1 is 1.05 bits per heavy atom. The first-order valence-electron chi connectivity index (χ1n) is 7.24. The largest absolute Gasteiger partial charge is 0.461 e. The van der Waals surface area contributed by atoms with E-state index in [9.17, 15) is 4.79 Å². The maximum Gasteiger partial charge on any atom is 0.334 e. The molecule has 128 valence electrons. The molecule has 7 heteroatoms. The average Bonchev–Trinajstić information content (AvgIpc) is 2.44. The van der Waals surface area contributed by atoms with Crippen molar-refractivity contribution >= 4 is 5.97 Å². The van der Waals surface area contributed by atoms with Crippen molar-refractivity contribution in [3.8, 4) is 0 Å². The van der Waals surface area contributed by atoms with Gasteiger partial charge in [0.2, 0.25) is 0 Å². The summed E-state index contributed by atoms with van der Waals surface area (Å²) in [5.41, 5.74) is 0. The topological polar surface area (TPSA) is 105 Å². The molecule has 0 spiro atoms. The summed E-state index contributed by atoms with van der Waals surface area (Å²) in [7, 11) is 0. The molecule has 0 aliphatic carbocycles. The minimum absolute atomic E-state index is 0.0657. The van der Waals surface area contributed by atoms with Gasteiger partial charge in [-0.25, -0.2) is 4.79 Å². The monoisotopic (exact) mass is 310 g/mol. The molecule has 7 nitrogen and oxygen atoms in total. The molecule has 21 heavy (non-hydrogen) atoms. The van der Waals surface area contributed by atoms with Crippen molar-refractivity contribution in [1.82, 2.24) is 0 Å². The molecule has 0 fully saturated rings. The summed E-state index contributed by atoms with van der Waals surface area (Å²) in [4.78, 5) is 10.5. The zero-order valence-corrected chi connectivity index (χ0v) is 13.3. The van der Waals surface area contributed by atoms with Crippen molar-refractivity contribution in [1.29, 1.82) is 0 Å². The normalized spacial score (nSPS) is 13.0. The summed E-state index contributed by atoms with van der Waals surface area (Å²) >= 11 is 0. The van der Waals surface area contributed by atoms with Gasteiger partial charge in [0.25, 0.3) is 0 Å². The molecule has 0 rings (SSSR count). The van der Waals surface area contributed by atoms with E-state index in [1.54, 1.807) is 0 Å². The van der Waals surface area contributed by atoms with Crippen LogP contribution in [0.4, 0.5) is 0 Å². The molecule has 2 unspecified atom stereocenters. The van der Waals surface area contributed by atoms with Gasteiger partial charge in [-0.3, -0.25) is 0 Å². The van der Waals surface area contributed by atoms with Crippen LogP contribution in [0.5, 0.6) is 0 Å². The molecule has 0 aliphatic heterocycles. The van der Waals surface area contributed by atoms with Gasteiger partial charge in [-0.2, -0.15) is 0 Å². The minimum atomic E-state index is -1.11. The van der Waals surface area contributed by atoms with E-state index in [2.05, 4.69) is 11.7 Å². The van der Waals surface area contributed by atoms with Crippen LogP contribution in [0.3, 0.4) is 0 Å². The fourth-order valence-corrected chi connectivity index (χ4v) is 0.956. The number of aliphatic hydroxyl groups excluding tert-OH is 3. The van der Waals surface area contributed by atoms with E-state index in [0.717, 1.165) is 19.4 Å². The van der Waals surface area contributed by atoms with Crippen molar-refractivity contribution in [3.05, 3.63) is 0 Å². The fourth-order valence-electron chi connectivity index (χ4n) is 0.956. The van der Waals surface area contributed by atoms with E-state index in [-0.39, 0.29) is 13.2 Å². The smallest absolute Gasteiger partial charge is 0.334 e. The predicted octanol–water partition coefficient (Wildman–Crippen LogP) is 0.103. The number of carbonyl (C=O) groups is 1.